The van der Waals surface area contributed by atoms with Gasteiger partial charge in [-0.25, -0.2) is 0 Å². The zero-order chi connectivity index (χ0) is 13.4. The molecule has 18 heavy (non-hydrogen) atoms. The number of aromatic nitrogens is 2. The van der Waals surface area contributed by atoms with Crippen molar-refractivity contribution in [3.8, 4) is 0 Å². The van der Waals surface area contributed by atoms with Crippen LogP contribution in [0.3, 0.4) is 0 Å². The summed E-state index contributed by atoms with van der Waals surface area (Å²) in [6, 6.07) is 0. The summed E-state index contributed by atoms with van der Waals surface area (Å²) in [5.74, 6) is 0.263. The van der Waals surface area contributed by atoms with E-state index in [-0.39, 0.29) is 10.9 Å². The predicted molar refractivity (Wildman–Crippen MR) is 70.3 cm³/mol. The minimum absolute atomic E-state index is 0.242. The lowest BCUT2D eigenvalue weighted by atomic mass is 10.4. The average molecular weight is 291 g/mol. The Bertz CT molecular complexity index is 409. The van der Waals surface area contributed by atoms with E-state index >= 15 is 0 Å². The van der Waals surface area contributed by atoms with E-state index in [0.717, 1.165) is 24.2 Å². The molecule has 0 aliphatic carbocycles. The summed E-state index contributed by atoms with van der Waals surface area (Å²) < 4.78 is 17.0. The van der Waals surface area contributed by atoms with Gasteiger partial charge in [-0.2, -0.15) is 0 Å². The molecule has 1 N–H and O–H groups in total. The molecule has 0 saturated heterocycles. The van der Waals surface area contributed by atoms with E-state index in [2.05, 4.69) is 15.5 Å². The van der Waals surface area contributed by atoms with E-state index in [1.807, 2.05) is 6.92 Å². The SMILES string of the molecule is CCCCS(=O)c1nnc(C(=O)NCCOC)s1. The van der Waals surface area contributed by atoms with Crippen LogP contribution in [0.1, 0.15) is 29.6 Å². The van der Waals surface area contributed by atoms with Crippen LogP contribution in [-0.4, -0.2) is 46.3 Å². The number of amides is 1. The zero-order valence-corrected chi connectivity index (χ0v) is 12.1. The van der Waals surface area contributed by atoms with Crippen molar-refractivity contribution in [3.63, 3.8) is 0 Å². The summed E-state index contributed by atoms with van der Waals surface area (Å²) >= 11 is 1.08. The molecule has 0 aliphatic heterocycles. The molecule has 1 amide bonds. The van der Waals surface area contributed by atoms with E-state index in [4.69, 9.17) is 4.74 Å². The maximum Gasteiger partial charge on any atom is 0.282 e. The van der Waals surface area contributed by atoms with Crippen molar-refractivity contribution in [2.24, 2.45) is 0 Å². The second-order valence-corrected chi connectivity index (χ2v) is 6.25. The molecule has 0 spiro atoms. The second kappa shape index (κ2) is 8.28. The Kier molecular flexibility index (Phi) is 6.99. The molecule has 102 valence electrons. The van der Waals surface area contributed by atoms with Gasteiger partial charge >= 0.3 is 0 Å². The van der Waals surface area contributed by atoms with Gasteiger partial charge in [0.1, 0.15) is 0 Å². The van der Waals surface area contributed by atoms with Crippen molar-refractivity contribution >= 4 is 28.0 Å². The second-order valence-electron chi connectivity index (χ2n) is 3.53. The number of hydrogen-bond acceptors (Lipinski definition) is 6. The van der Waals surface area contributed by atoms with Crippen LogP contribution >= 0.6 is 11.3 Å². The summed E-state index contributed by atoms with van der Waals surface area (Å²) in [5.41, 5.74) is 0. The molecule has 0 saturated carbocycles. The van der Waals surface area contributed by atoms with Crippen LogP contribution in [0.15, 0.2) is 4.34 Å². The summed E-state index contributed by atoms with van der Waals surface area (Å²) in [7, 11) is 0.415. The van der Waals surface area contributed by atoms with Gasteiger partial charge < -0.3 is 10.1 Å². The Morgan fingerprint density at radius 2 is 2.28 bits per heavy atom. The lowest BCUT2D eigenvalue weighted by Gasteiger charge is -1.99. The molecule has 1 unspecified atom stereocenters. The van der Waals surface area contributed by atoms with Crippen molar-refractivity contribution in [1.82, 2.24) is 15.5 Å². The van der Waals surface area contributed by atoms with E-state index in [0.29, 0.717) is 23.2 Å². The summed E-state index contributed by atoms with van der Waals surface area (Å²) in [6.45, 7) is 2.90. The maximum atomic E-state index is 11.8. The molecule has 1 atom stereocenters. The van der Waals surface area contributed by atoms with Crippen molar-refractivity contribution < 1.29 is 13.7 Å². The number of ether oxygens (including phenoxy) is 1. The van der Waals surface area contributed by atoms with Crippen LogP contribution in [0.5, 0.6) is 0 Å². The molecular weight excluding hydrogens is 274 g/mol. The van der Waals surface area contributed by atoms with Crippen LogP contribution < -0.4 is 5.32 Å². The van der Waals surface area contributed by atoms with Gasteiger partial charge in [-0.3, -0.25) is 9.00 Å². The summed E-state index contributed by atoms with van der Waals surface area (Å²) in [6.07, 6.45) is 1.86. The van der Waals surface area contributed by atoms with E-state index in [1.54, 1.807) is 7.11 Å². The first-order chi connectivity index (χ1) is 8.69. The zero-order valence-electron chi connectivity index (χ0n) is 10.5. The van der Waals surface area contributed by atoms with Gasteiger partial charge in [0.15, 0.2) is 0 Å². The fraction of sp³-hybridized carbons (Fsp3) is 0.700. The maximum absolute atomic E-state index is 11.8. The van der Waals surface area contributed by atoms with Crippen molar-refractivity contribution in [1.29, 1.82) is 0 Å². The third-order valence-corrected chi connectivity index (χ3v) is 4.73. The molecule has 0 aromatic carbocycles. The van der Waals surface area contributed by atoms with Crippen molar-refractivity contribution in [2.45, 2.75) is 24.1 Å². The van der Waals surface area contributed by atoms with Gasteiger partial charge in [-0.05, 0) is 6.42 Å². The molecular formula is C10H17N3O3S2. The number of carbonyl (C=O) groups excluding carboxylic acids is 1. The van der Waals surface area contributed by atoms with Gasteiger partial charge in [0, 0.05) is 19.4 Å². The van der Waals surface area contributed by atoms with Gasteiger partial charge in [0.25, 0.3) is 5.91 Å². The molecule has 6 nitrogen and oxygen atoms in total. The number of carbonyl (C=O) groups is 1. The largest absolute Gasteiger partial charge is 0.383 e. The van der Waals surface area contributed by atoms with Crippen LogP contribution in [-0.2, 0) is 15.5 Å². The van der Waals surface area contributed by atoms with Crippen molar-refractivity contribution in [2.75, 3.05) is 26.0 Å². The topological polar surface area (TPSA) is 81.2 Å². The smallest absolute Gasteiger partial charge is 0.282 e. The standard InChI is InChI=1S/C10H17N3O3S2/c1-3-4-7-18(15)10-13-12-9(17-10)8(14)11-5-6-16-2/h3-7H2,1-2H3,(H,11,14). The number of hydrogen-bond donors (Lipinski definition) is 1. The molecule has 1 rings (SSSR count). The number of nitrogens with zero attached hydrogens (tertiary/aromatic N) is 2. The van der Waals surface area contributed by atoms with Gasteiger partial charge in [0.05, 0.1) is 17.4 Å². The Morgan fingerprint density at radius 3 is 2.94 bits per heavy atom. The first-order valence-corrected chi connectivity index (χ1v) is 7.81. The number of methoxy groups -OCH3 is 1. The normalized spacial score (nSPS) is 12.3. The molecule has 0 radical (unpaired) electrons. The molecule has 0 aliphatic rings. The number of rotatable bonds is 8. The van der Waals surface area contributed by atoms with E-state index in [1.165, 1.54) is 0 Å². The first kappa shape index (κ1) is 15.2. The molecule has 1 heterocycles. The highest BCUT2D eigenvalue weighted by Gasteiger charge is 2.15. The summed E-state index contributed by atoms with van der Waals surface area (Å²) in [4.78, 5) is 11.6. The van der Waals surface area contributed by atoms with Crippen LogP contribution in [0.2, 0.25) is 0 Å². The molecule has 1 aromatic rings. The van der Waals surface area contributed by atoms with Gasteiger partial charge in [-0.1, -0.05) is 24.7 Å². The van der Waals surface area contributed by atoms with E-state index in [9.17, 15) is 9.00 Å². The minimum Gasteiger partial charge on any atom is -0.383 e. The Morgan fingerprint density at radius 1 is 1.50 bits per heavy atom. The minimum atomic E-state index is -1.15. The number of unbranched alkanes of at least 4 members (excludes halogenated alkanes) is 1. The predicted octanol–water partition coefficient (Wildman–Crippen LogP) is 0.822. The first-order valence-electron chi connectivity index (χ1n) is 5.68. The third kappa shape index (κ3) is 4.79. The Balaban J connectivity index is 2.51. The molecule has 0 bridgehead atoms. The third-order valence-electron chi connectivity index (χ3n) is 2.07. The molecule has 0 fully saturated rings. The summed E-state index contributed by atoms with van der Waals surface area (Å²) in [5, 5.41) is 10.4. The molecule has 1 aromatic heterocycles. The highest BCUT2D eigenvalue weighted by atomic mass is 32.2. The van der Waals surface area contributed by atoms with Gasteiger partial charge in [0.2, 0.25) is 9.35 Å². The van der Waals surface area contributed by atoms with Gasteiger partial charge in [-0.15, -0.1) is 10.2 Å². The Hall–Kier alpha value is -0.860. The molecule has 8 heteroatoms. The lowest BCUT2D eigenvalue weighted by molar-refractivity contribution is 0.0936. The van der Waals surface area contributed by atoms with Crippen LogP contribution in [0.4, 0.5) is 0 Å². The highest BCUT2D eigenvalue weighted by Crippen LogP contribution is 2.14. The van der Waals surface area contributed by atoms with Crippen LogP contribution in [0.25, 0.3) is 0 Å². The quantitative estimate of drug-likeness (QED) is 0.717. The monoisotopic (exact) mass is 291 g/mol. The van der Waals surface area contributed by atoms with Crippen molar-refractivity contribution in [3.05, 3.63) is 5.01 Å². The van der Waals surface area contributed by atoms with Crippen LogP contribution in [0, 0.1) is 0 Å². The number of nitrogens with one attached hydrogen (secondary N) is 1. The fourth-order valence-electron chi connectivity index (χ4n) is 1.10. The fourth-order valence-corrected chi connectivity index (χ4v) is 3.31. The lowest BCUT2D eigenvalue weighted by Crippen LogP contribution is -2.26. The Labute approximate surface area is 113 Å². The average Bonchev–Trinajstić information content (AvgIpc) is 2.85. The van der Waals surface area contributed by atoms with E-state index < -0.39 is 10.8 Å². The highest BCUT2D eigenvalue weighted by molar-refractivity contribution is 7.87.